The van der Waals surface area contributed by atoms with Crippen LogP contribution >= 0.6 is 11.6 Å². The number of rotatable bonds is 4. The number of oxazole rings is 1. The van der Waals surface area contributed by atoms with Crippen molar-refractivity contribution in [2.24, 2.45) is 0 Å². The molecule has 1 aromatic carbocycles. The van der Waals surface area contributed by atoms with Gasteiger partial charge >= 0.3 is 0 Å². The van der Waals surface area contributed by atoms with Crippen molar-refractivity contribution in [2.75, 3.05) is 0 Å². The van der Waals surface area contributed by atoms with Crippen molar-refractivity contribution in [3.63, 3.8) is 0 Å². The second-order valence-electron chi connectivity index (χ2n) is 4.29. The van der Waals surface area contributed by atoms with Crippen LogP contribution in [0.3, 0.4) is 0 Å². The zero-order valence-corrected chi connectivity index (χ0v) is 11.0. The van der Waals surface area contributed by atoms with Crippen LogP contribution in [0, 0.1) is 5.82 Å². The predicted molar refractivity (Wildman–Crippen MR) is 68.9 cm³/mol. The molecule has 0 bridgehead atoms. The van der Waals surface area contributed by atoms with E-state index in [0.29, 0.717) is 34.6 Å². The minimum atomic E-state index is -0.373. The molecule has 1 N–H and O–H groups in total. The number of nitrogens with zero attached hydrogens (tertiary/aromatic N) is 1. The summed E-state index contributed by atoms with van der Waals surface area (Å²) in [5.74, 6) is 0.0464. The van der Waals surface area contributed by atoms with Crippen LogP contribution in [0.15, 0.2) is 29.0 Å². The number of hydrogen-bond acceptors (Lipinski definition) is 3. The van der Waals surface area contributed by atoms with Gasteiger partial charge in [0.2, 0.25) is 0 Å². The molecular formula is C13H14ClFN2O. The highest BCUT2D eigenvalue weighted by molar-refractivity contribution is 6.30. The smallest absolute Gasteiger partial charge is 0.181 e. The van der Waals surface area contributed by atoms with Crippen molar-refractivity contribution in [1.82, 2.24) is 10.3 Å². The van der Waals surface area contributed by atoms with Gasteiger partial charge in [-0.1, -0.05) is 25.4 Å². The molecule has 0 aliphatic carbocycles. The van der Waals surface area contributed by atoms with Gasteiger partial charge in [-0.2, -0.15) is 0 Å². The Bertz CT molecular complexity index is 540. The fourth-order valence-corrected chi connectivity index (χ4v) is 1.76. The van der Waals surface area contributed by atoms with Crippen molar-refractivity contribution in [2.45, 2.75) is 26.4 Å². The lowest BCUT2D eigenvalue weighted by molar-refractivity contribution is 0.554. The van der Waals surface area contributed by atoms with Gasteiger partial charge in [0.15, 0.2) is 12.2 Å². The lowest BCUT2D eigenvalue weighted by Gasteiger charge is -2.07. The standard InChI is InChI=1S/C13H14ClFN2O/c1-8(2)16-6-12-13(18-7-17-12)10-5-9(14)3-4-11(10)15/h3-5,7-8,16H,6H2,1-2H3. The van der Waals surface area contributed by atoms with Crippen molar-refractivity contribution in [3.05, 3.63) is 41.1 Å². The number of nitrogens with one attached hydrogen (secondary N) is 1. The van der Waals surface area contributed by atoms with Gasteiger partial charge in [0.25, 0.3) is 0 Å². The van der Waals surface area contributed by atoms with Crippen LogP contribution in [0.5, 0.6) is 0 Å². The quantitative estimate of drug-likeness (QED) is 0.920. The molecule has 5 heteroatoms. The molecule has 96 valence electrons. The minimum absolute atomic E-state index is 0.318. The SMILES string of the molecule is CC(C)NCc1ncoc1-c1cc(Cl)ccc1F. The summed E-state index contributed by atoms with van der Waals surface area (Å²) in [5, 5.41) is 3.68. The van der Waals surface area contributed by atoms with Crippen LogP contribution in [-0.4, -0.2) is 11.0 Å². The molecule has 0 atom stereocenters. The van der Waals surface area contributed by atoms with Gasteiger partial charge < -0.3 is 9.73 Å². The van der Waals surface area contributed by atoms with E-state index in [1.54, 1.807) is 0 Å². The monoisotopic (exact) mass is 268 g/mol. The molecule has 0 unspecified atom stereocenters. The normalized spacial score (nSPS) is 11.2. The van der Waals surface area contributed by atoms with Crippen LogP contribution in [0.2, 0.25) is 5.02 Å². The van der Waals surface area contributed by atoms with Crippen LogP contribution in [0.25, 0.3) is 11.3 Å². The van der Waals surface area contributed by atoms with Crippen molar-refractivity contribution in [1.29, 1.82) is 0 Å². The molecule has 0 aliphatic rings. The average molecular weight is 269 g/mol. The zero-order valence-electron chi connectivity index (χ0n) is 10.2. The molecule has 18 heavy (non-hydrogen) atoms. The van der Waals surface area contributed by atoms with Crippen LogP contribution in [0.1, 0.15) is 19.5 Å². The van der Waals surface area contributed by atoms with Gasteiger partial charge in [0.1, 0.15) is 11.5 Å². The lowest BCUT2D eigenvalue weighted by atomic mass is 10.1. The molecule has 3 nitrogen and oxygen atoms in total. The molecule has 2 rings (SSSR count). The fourth-order valence-electron chi connectivity index (χ4n) is 1.59. The van der Waals surface area contributed by atoms with Crippen LogP contribution < -0.4 is 5.32 Å². The predicted octanol–water partition coefficient (Wildman–Crippen LogP) is 3.63. The minimum Gasteiger partial charge on any atom is -0.443 e. The van der Waals surface area contributed by atoms with E-state index in [9.17, 15) is 4.39 Å². The first kappa shape index (κ1) is 13.1. The molecule has 0 radical (unpaired) electrons. The maximum absolute atomic E-state index is 13.7. The summed E-state index contributed by atoms with van der Waals surface area (Å²) >= 11 is 5.87. The number of halogens is 2. The molecule has 0 spiro atoms. The maximum Gasteiger partial charge on any atom is 0.181 e. The third kappa shape index (κ3) is 2.89. The molecule has 0 fully saturated rings. The Morgan fingerprint density at radius 1 is 1.44 bits per heavy atom. The second kappa shape index (κ2) is 5.50. The topological polar surface area (TPSA) is 38.1 Å². The summed E-state index contributed by atoms with van der Waals surface area (Å²) in [4.78, 5) is 4.10. The molecule has 0 saturated carbocycles. The highest BCUT2D eigenvalue weighted by atomic mass is 35.5. The summed E-state index contributed by atoms with van der Waals surface area (Å²) in [7, 11) is 0. The first-order valence-electron chi connectivity index (χ1n) is 5.69. The maximum atomic E-state index is 13.7. The van der Waals surface area contributed by atoms with Gasteiger partial charge in [0.05, 0.1) is 5.56 Å². The third-order valence-corrected chi connectivity index (χ3v) is 2.73. The first-order valence-corrected chi connectivity index (χ1v) is 6.07. The summed E-state index contributed by atoms with van der Waals surface area (Å²) in [6.45, 7) is 4.58. The molecule has 0 aliphatic heterocycles. The van der Waals surface area contributed by atoms with E-state index in [0.717, 1.165) is 0 Å². The number of hydrogen-bond donors (Lipinski definition) is 1. The molecule has 0 saturated heterocycles. The van der Waals surface area contributed by atoms with E-state index in [4.69, 9.17) is 16.0 Å². The third-order valence-electron chi connectivity index (χ3n) is 2.49. The Labute approximate surface area is 110 Å². The highest BCUT2D eigenvalue weighted by Gasteiger charge is 2.15. The molecule has 1 heterocycles. The van der Waals surface area contributed by atoms with Crippen molar-refractivity contribution < 1.29 is 8.81 Å². The molecular weight excluding hydrogens is 255 g/mol. The largest absolute Gasteiger partial charge is 0.443 e. The van der Waals surface area contributed by atoms with E-state index >= 15 is 0 Å². The van der Waals surface area contributed by atoms with Crippen LogP contribution in [-0.2, 0) is 6.54 Å². The Morgan fingerprint density at radius 2 is 2.22 bits per heavy atom. The van der Waals surface area contributed by atoms with E-state index in [-0.39, 0.29) is 5.82 Å². The Morgan fingerprint density at radius 3 is 2.94 bits per heavy atom. The van der Waals surface area contributed by atoms with Gasteiger partial charge in [-0.15, -0.1) is 0 Å². The van der Waals surface area contributed by atoms with Gasteiger partial charge in [0, 0.05) is 17.6 Å². The second-order valence-corrected chi connectivity index (χ2v) is 4.72. The summed E-state index contributed by atoms with van der Waals surface area (Å²) in [5.41, 5.74) is 1.01. The van der Waals surface area contributed by atoms with E-state index in [1.165, 1.54) is 24.6 Å². The van der Waals surface area contributed by atoms with Gasteiger partial charge in [-0.25, -0.2) is 9.37 Å². The number of benzene rings is 1. The fraction of sp³-hybridized carbons (Fsp3) is 0.308. The van der Waals surface area contributed by atoms with E-state index < -0.39 is 0 Å². The van der Waals surface area contributed by atoms with E-state index in [1.807, 2.05) is 13.8 Å². The van der Waals surface area contributed by atoms with E-state index in [2.05, 4.69) is 10.3 Å². The molecule has 0 amide bonds. The van der Waals surface area contributed by atoms with Crippen molar-refractivity contribution >= 4 is 11.6 Å². The Hall–Kier alpha value is -1.39. The zero-order chi connectivity index (χ0) is 13.1. The summed E-state index contributed by atoms with van der Waals surface area (Å²) in [6, 6.07) is 4.68. The highest BCUT2D eigenvalue weighted by Crippen LogP contribution is 2.28. The van der Waals surface area contributed by atoms with Crippen molar-refractivity contribution in [3.8, 4) is 11.3 Å². The Kier molecular flexibility index (Phi) is 3.99. The molecule has 1 aromatic heterocycles. The average Bonchev–Trinajstić information content (AvgIpc) is 2.77. The van der Waals surface area contributed by atoms with Gasteiger partial charge in [-0.05, 0) is 18.2 Å². The van der Waals surface area contributed by atoms with Crippen LogP contribution in [0.4, 0.5) is 4.39 Å². The summed E-state index contributed by atoms with van der Waals surface area (Å²) < 4.78 is 19.0. The summed E-state index contributed by atoms with van der Waals surface area (Å²) in [6.07, 6.45) is 1.31. The van der Waals surface area contributed by atoms with Gasteiger partial charge in [-0.3, -0.25) is 0 Å². The molecule has 2 aromatic rings. The first-order chi connectivity index (χ1) is 8.58. The lowest BCUT2D eigenvalue weighted by Crippen LogP contribution is -2.22. The Balaban J connectivity index is 2.33. The number of aromatic nitrogens is 1.